The summed E-state index contributed by atoms with van der Waals surface area (Å²) < 4.78 is 65.8. The van der Waals surface area contributed by atoms with E-state index in [2.05, 4.69) is 6.92 Å². The average molecular weight is 741 g/mol. The van der Waals surface area contributed by atoms with Crippen LogP contribution in [0.25, 0.3) is 0 Å². The third-order valence-corrected chi connectivity index (χ3v) is 7.69. The van der Waals surface area contributed by atoms with Gasteiger partial charge in [-0.25, -0.2) is 0 Å². The summed E-state index contributed by atoms with van der Waals surface area (Å²) in [6.07, 6.45) is 17.8. The predicted molar refractivity (Wildman–Crippen MR) is 201 cm³/mol. The van der Waals surface area contributed by atoms with E-state index in [1.54, 1.807) is 0 Å². The molecule has 0 unspecified atom stereocenters. The molecule has 0 saturated heterocycles. The van der Waals surface area contributed by atoms with E-state index in [1.165, 1.54) is 77.0 Å². The first-order chi connectivity index (χ1) is 25.4. The molecule has 0 amide bonds. The van der Waals surface area contributed by atoms with Crippen LogP contribution in [0.5, 0.6) is 0 Å². The third-order valence-electron chi connectivity index (χ3n) is 7.69. The van der Waals surface area contributed by atoms with Crippen LogP contribution in [0.4, 0.5) is 0 Å². The second kappa shape index (κ2) is 49.5. The maximum atomic E-state index is 5.68. The largest absolute Gasteiger partial charge is 0.379 e. The summed E-state index contributed by atoms with van der Waals surface area (Å²) >= 11 is 0. The highest BCUT2D eigenvalue weighted by Gasteiger charge is 1.98. The first kappa shape index (κ1) is 50.5. The molecule has 0 aromatic heterocycles. The summed E-state index contributed by atoms with van der Waals surface area (Å²) in [6.45, 7) is 17.9. The molecule has 0 rings (SSSR count). The van der Waals surface area contributed by atoms with Crippen molar-refractivity contribution in [2.45, 2.75) is 97.3 Å². The standard InChI is InChI=1S/C39H80O12/c1-3-5-6-7-8-9-10-11-12-13-14-15-16-17-41-20-21-43-24-25-45-28-29-47-32-33-49-36-37-51-39-38-50-35-34-48-31-30-46-27-26-44-23-22-42-19-18-40-4-2/h3-39H2,1-2H3. The van der Waals surface area contributed by atoms with Crippen molar-refractivity contribution in [1.29, 1.82) is 0 Å². The number of hydrogen-bond donors (Lipinski definition) is 0. The van der Waals surface area contributed by atoms with E-state index in [0.717, 1.165) is 13.0 Å². The van der Waals surface area contributed by atoms with E-state index >= 15 is 0 Å². The van der Waals surface area contributed by atoms with E-state index in [0.29, 0.717) is 152 Å². The van der Waals surface area contributed by atoms with Crippen molar-refractivity contribution in [3.05, 3.63) is 0 Å². The highest BCUT2D eigenvalue weighted by molar-refractivity contribution is 4.49. The minimum Gasteiger partial charge on any atom is -0.379 e. The first-order valence-electron chi connectivity index (χ1n) is 20.3. The van der Waals surface area contributed by atoms with Crippen LogP contribution in [0, 0.1) is 0 Å². The van der Waals surface area contributed by atoms with Gasteiger partial charge in [-0.15, -0.1) is 0 Å². The van der Waals surface area contributed by atoms with Gasteiger partial charge in [-0.1, -0.05) is 84.0 Å². The maximum Gasteiger partial charge on any atom is 0.0701 e. The smallest absolute Gasteiger partial charge is 0.0701 e. The van der Waals surface area contributed by atoms with Crippen LogP contribution in [0.15, 0.2) is 0 Å². The first-order valence-corrected chi connectivity index (χ1v) is 20.3. The Morgan fingerprint density at radius 1 is 0.176 bits per heavy atom. The Bertz CT molecular complexity index is 542. The van der Waals surface area contributed by atoms with Crippen molar-refractivity contribution in [3.8, 4) is 0 Å². The van der Waals surface area contributed by atoms with Crippen molar-refractivity contribution >= 4 is 0 Å². The second-order valence-electron chi connectivity index (χ2n) is 12.2. The van der Waals surface area contributed by atoms with Gasteiger partial charge in [-0.3, -0.25) is 0 Å². The van der Waals surface area contributed by atoms with Gasteiger partial charge >= 0.3 is 0 Å². The molecular formula is C39H80O12. The fraction of sp³-hybridized carbons (Fsp3) is 1.00. The van der Waals surface area contributed by atoms with Crippen molar-refractivity contribution in [3.63, 3.8) is 0 Å². The number of hydrogen-bond acceptors (Lipinski definition) is 12. The highest BCUT2D eigenvalue weighted by Crippen LogP contribution is 2.12. The molecule has 12 heteroatoms. The Morgan fingerprint density at radius 2 is 0.353 bits per heavy atom. The summed E-state index contributed by atoms with van der Waals surface area (Å²) in [6, 6.07) is 0. The van der Waals surface area contributed by atoms with Crippen LogP contribution in [-0.4, -0.2) is 159 Å². The Labute approximate surface area is 312 Å². The molecule has 12 nitrogen and oxygen atoms in total. The lowest BCUT2D eigenvalue weighted by Crippen LogP contribution is -2.15. The third kappa shape index (κ3) is 49.5. The number of unbranched alkanes of at least 4 members (excludes halogenated alkanes) is 12. The van der Waals surface area contributed by atoms with Gasteiger partial charge in [0.25, 0.3) is 0 Å². The normalized spacial score (nSPS) is 11.6. The molecule has 0 spiro atoms. The molecule has 0 aliphatic heterocycles. The quantitative estimate of drug-likeness (QED) is 0.0654. The van der Waals surface area contributed by atoms with E-state index in [9.17, 15) is 0 Å². The number of rotatable bonds is 48. The summed E-state index contributed by atoms with van der Waals surface area (Å²) in [4.78, 5) is 0. The lowest BCUT2D eigenvalue weighted by atomic mass is 10.0. The van der Waals surface area contributed by atoms with E-state index in [-0.39, 0.29) is 0 Å². The van der Waals surface area contributed by atoms with Gasteiger partial charge in [0.1, 0.15) is 0 Å². The monoisotopic (exact) mass is 741 g/mol. The van der Waals surface area contributed by atoms with Crippen LogP contribution >= 0.6 is 0 Å². The molecule has 51 heavy (non-hydrogen) atoms. The molecule has 0 atom stereocenters. The molecular weight excluding hydrogens is 660 g/mol. The van der Waals surface area contributed by atoms with Gasteiger partial charge in [0.05, 0.1) is 145 Å². The van der Waals surface area contributed by atoms with Gasteiger partial charge < -0.3 is 56.8 Å². The molecule has 0 aliphatic carbocycles. The van der Waals surface area contributed by atoms with Crippen molar-refractivity contribution < 1.29 is 56.8 Å². The summed E-state index contributed by atoms with van der Waals surface area (Å²) in [7, 11) is 0. The SMILES string of the molecule is CCCCCCCCCCCCCCCOCCOCCOCCOCCOCCOCCOCCOCCOCCOCCOCCOCC. The molecule has 0 radical (unpaired) electrons. The van der Waals surface area contributed by atoms with Gasteiger partial charge in [0.15, 0.2) is 0 Å². The minimum atomic E-state index is 0.522. The fourth-order valence-corrected chi connectivity index (χ4v) is 4.79. The molecule has 0 aromatic rings. The second-order valence-corrected chi connectivity index (χ2v) is 12.2. The molecule has 0 N–H and O–H groups in total. The van der Waals surface area contributed by atoms with Gasteiger partial charge in [0.2, 0.25) is 0 Å². The zero-order valence-electron chi connectivity index (χ0n) is 33.1. The Balaban J connectivity index is 3.04. The van der Waals surface area contributed by atoms with E-state index in [1.807, 2.05) is 6.92 Å². The van der Waals surface area contributed by atoms with Crippen molar-refractivity contribution in [1.82, 2.24) is 0 Å². The summed E-state index contributed by atoms with van der Waals surface area (Å²) in [5.41, 5.74) is 0. The molecule has 308 valence electrons. The van der Waals surface area contributed by atoms with Crippen LogP contribution in [0.3, 0.4) is 0 Å². The molecule has 0 aliphatic rings. The molecule has 0 fully saturated rings. The average Bonchev–Trinajstić information content (AvgIpc) is 3.14. The van der Waals surface area contributed by atoms with Gasteiger partial charge in [-0.2, -0.15) is 0 Å². The fourth-order valence-electron chi connectivity index (χ4n) is 4.79. The minimum absolute atomic E-state index is 0.522. The van der Waals surface area contributed by atoms with Gasteiger partial charge in [0, 0.05) is 13.2 Å². The van der Waals surface area contributed by atoms with Crippen LogP contribution < -0.4 is 0 Å². The molecule has 0 heterocycles. The Morgan fingerprint density at radius 3 is 0.569 bits per heavy atom. The highest BCUT2D eigenvalue weighted by atomic mass is 16.6. The topological polar surface area (TPSA) is 111 Å². The van der Waals surface area contributed by atoms with Crippen molar-refractivity contribution in [2.24, 2.45) is 0 Å². The summed E-state index contributed by atoms with van der Waals surface area (Å²) in [5, 5.41) is 0. The number of ether oxygens (including phenoxy) is 12. The van der Waals surface area contributed by atoms with Crippen LogP contribution in [0.1, 0.15) is 97.3 Å². The van der Waals surface area contributed by atoms with Crippen LogP contribution in [0.2, 0.25) is 0 Å². The maximum absolute atomic E-state index is 5.68. The summed E-state index contributed by atoms with van der Waals surface area (Å²) in [5.74, 6) is 0. The predicted octanol–water partition coefficient (Wildman–Crippen LogP) is 6.30. The van der Waals surface area contributed by atoms with Crippen molar-refractivity contribution in [2.75, 3.05) is 159 Å². The zero-order valence-corrected chi connectivity index (χ0v) is 33.1. The van der Waals surface area contributed by atoms with E-state index < -0.39 is 0 Å². The van der Waals surface area contributed by atoms with Crippen LogP contribution in [-0.2, 0) is 56.8 Å². The molecule has 0 aromatic carbocycles. The Hall–Kier alpha value is -0.480. The molecule has 0 saturated carbocycles. The lowest BCUT2D eigenvalue weighted by molar-refractivity contribution is -0.0282. The van der Waals surface area contributed by atoms with Gasteiger partial charge in [-0.05, 0) is 13.3 Å². The lowest BCUT2D eigenvalue weighted by Gasteiger charge is -2.09. The Kier molecular flexibility index (Phi) is 49.1. The van der Waals surface area contributed by atoms with E-state index in [4.69, 9.17) is 56.8 Å². The zero-order chi connectivity index (χ0) is 36.6. The molecule has 0 bridgehead atoms.